The molecule has 0 radical (unpaired) electrons. The summed E-state index contributed by atoms with van der Waals surface area (Å²) < 4.78 is 0. The molecule has 18 heavy (non-hydrogen) atoms. The fourth-order valence-electron chi connectivity index (χ4n) is 1.58. The van der Waals surface area contributed by atoms with Gasteiger partial charge in [-0.25, -0.2) is 0 Å². The van der Waals surface area contributed by atoms with E-state index >= 15 is 0 Å². The van der Waals surface area contributed by atoms with Gasteiger partial charge in [0, 0.05) is 0 Å². The summed E-state index contributed by atoms with van der Waals surface area (Å²) in [5, 5.41) is 30.7. The maximum absolute atomic E-state index is 12.0. The van der Waals surface area contributed by atoms with E-state index in [9.17, 15) is 20.1 Å². The summed E-state index contributed by atoms with van der Waals surface area (Å²) in [5.74, 6) is -0.633. The van der Waals surface area contributed by atoms with Crippen LogP contribution in [0.15, 0.2) is 18.2 Å². The number of benzene rings is 1. The summed E-state index contributed by atoms with van der Waals surface area (Å²) in [4.78, 5) is 12.0. The molecule has 0 aliphatic rings. The number of amides is 1. The zero-order chi connectivity index (χ0) is 13.8. The van der Waals surface area contributed by atoms with Crippen LogP contribution in [0.1, 0.15) is 29.3 Å². The molecule has 0 aromatic heterocycles. The number of rotatable bonds is 5. The maximum atomic E-state index is 12.0. The van der Waals surface area contributed by atoms with Crippen molar-refractivity contribution in [1.82, 2.24) is 5.32 Å². The summed E-state index contributed by atoms with van der Waals surface area (Å²) in [6.07, 6.45) is 0.387. The third-order valence-electron chi connectivity index (χ3n) is 3.06. The molecule has 4 N–H and O–H groups in total. The van der Waals surface area contributed by atoms with E-state index in [0.29, 0.717) is 6.42 Å². The highest BCUT2D eigenvalue weighted by Crippen LogP contribution is 2.19. The number of aromatic hydroxyl groups is 1. The monoisotopic (exact) mass is 253 g/mol. The second-order valence-electron chi connectivity index (χ2n) is 4.42. The van der Waals surface area contributed by atoms with Crippen molar-refractivity contribution >= 4 is 5.91 Å². The molecule has 100 valence electrons. The van der Waals surface area contributed by atoms with Crippen LogP contribution < -0.4 is 5.32 Å². The van der Waals surface area contributed by atoms with Gasteiger partial charge in [-0.05, 0) is 31.0 Å². The fraction of sp³-hybridized carbons (Fsp3) is 0.462. The van der Waals surface area contributed by atoms with Crippen LogP contribution in [0.4, 0.5) is 0 Å². The quantitative estimate of drug-likeness (QED) is 0.617. The lowest BCUT2D eigenvalue weighted by Crippen LogP contribution is -2.53. The molecule has 0 fully saturated rings. The highest BCUT2D eigenvalue weighted by atomic mass is 16.3. The second-order valence-corrected chi connectivity index (χ2v) is 4.42. The third kappa shape index (κ3) is 3.00. The predicted molar refractivity (Wildman–Crippen MR) is 67.5 cm³/mol. The highest BCUT2D eigenvalue weighted by molar-refractivity contribution is 5.97. The van der Waals surface area contributed by atoms with Crippen molar-refractivity contribution in [2.75, 3.05) is 13.2 Å². The van der Waals surface area contributed by atoms with E-state index in [1.165, 1.54) is 12.1 Å². The number of carbonyl (C=O) groups is 1. The van der Waals surface area contributed by atoms with E-state index in [0.717, 1.165) is 5.56 Å². The molecule has 0 spiro atoms. The molecule has 0 saturated carbocycles. The number of nitrogens with one attached hydrogen (secondary N) is 1. The molecule has 0 bridgehead atoms. The van der Waals surface area contributed by atoms with Crippen LogP contribution >= 0.6 is 0 Å². The molecule has 0 unspecified atom stereocenters. The summed E-state index contributed by atoms with van der Waals surface area (Å²) in [6.45, 7) is 2.83. The minimum Gasteiger partial charge on any atom is -0.507 e. The van der Waals surface area contributed by atoms with E-state index in [4.69, 9.17) is 0 Å². The smallest absolute Gasteiger partial charge is 0.255 e. The first-order valence-corrected chi connectivity index (χ1v) is 5.82. The Bertz CT molecular complexity index is 419. The average molecular weight is 253 g/mol. The number of hydrogen-bond acceptors (Lipinski definition) is 4. The van der Waals surface area contributed by atoms with Gasteiger partial charge in [0.1, 0.15) is 5.75 Å². The Morgan fingerprint density at radius 3 is 2.39 bits per heavy atom. The zero-order valence-electron chi connectivity index (χ0n) is 10.6. The van der Waals surface area contributed by atoms with Crippen LogP contribution in [0.3, 0.4) is 0 Å². The van der Waals surface area contributed by atoms with Gasteiger partial charge in [0.2, 0.25) is 0 Å². The number of phenolic OH excluding ortho intramolecular Hbond substituents is 1. The van der Waals surface area contributed by atoms with Gasteiger partial charge in [-0.3, -0.25) is 4.79 Å². The normalized spacial score (nSPS) is 11.3. The number of phenols is 1. The molecule has 0 aliphatic carbocycles. The molecule has 5 heteroatoms. The Hall–Kier alpha value is -1.59. The largest absolute Gasteiger partial charge is 0.507 e. The number of aliphatic hydroxyl groups excluding tert-OH is 2. The van der Waals surface area contributed by atoms with Crippen LogP contribution in [-0.4, -0.2) is 40.0 Å². The topological polar surface area (TPSA) is 89.8 Å². The van der Waals surface area contributed by atoms with E-state index in [1.807, 2.05) is 0 Å². The first kappa shape index (κ1) is 14.5. The van der Waals surface area contributed by atoms with Gasteiger partial charge in [-0.2, -0.15) is 0 Å². The molecule has 1 rings (SSSR count). The molecule has 0 heterocycles. The summed E-state index contributed by atoms with van der Waals surface area (Å²) in [6, 6.07) is 4.70. The molecule has 5 nitrogen and oxygen atoms in total. The molecular weight excluding hydrogens is 234 g/mol. The zero-order valence-corrected chi connectivity index (χ0v) is 10.6. The Morgan fingerprint density at radius 1 is 1.33 bits per heavy atom. The molecule has 0 saturated heterocycles. The highest BCUT2D eigenvalue weighted by Gasteiger charge is 2.29. The standard InChI is InChI=1S/C13H19NO4/c1-3-13(7-15,8-16)14-12(18)10-5-4-9(2)6-11(10)17/h4-6,15-17H,3,7-8H2,1-2H3,(H,14,18). The fourth-order valence-corrected chi connectivity index (χ4v) is 1.58. The molecule has 1 aromatic carbocycles. The molecule has 0 atom stereocenters. The lowest BCUT2D eigenvalue weighted by molar-refractivity contribution is 0.0651. The van der Waals surface area contributed by atoms with E-state index in [2.05, 4.69) is 5.32 Å². The van der Waals surface area contributed by atoms with Gasteiger partial charge in [-0.1, -0.05) is 13.0 Å². The first-order chi connectivity index (χ1) is 8.48. The maximum Gasteiger partial charge on any atom is 0.255 e. The molecule has 1 aromatic rings. The SMILES string of the molecule is CCC(CO)(CO)NC(=O)c1ccc(C)cc1O. The molecule has 1 amide bonds. The lowest BCUT2D eigenvalue weighted by atomic mass is 9.97. The van der Waals surface area contributed by atoms with Gasteiger partial charge >= 0.3 is 0 Å². The molecule has 0 aliphatic heterocycles. The van der Waals surface area contributed by atoms with Crippen LogP contribution in [0.5, 0.6) is 5.75 Å². The number of aryl methyl sites for hydroxylation is 1. The Labute approximate surface area is 106 Å². The number of hydrogen-bond donors (Lipinski definition) is 4. The lowest BCUT2D eigenvalue weighted by Gasteiger charge is -2.29. The first-order valence-electron chi connectivity index (χ1n) is 5.82. The van der Waals surface area contributed by atoms with Crippen molar-refractivity contribution in [3.8, 4) is 5.75 Å². The summed E-state index contributed by atoms with van der Waals surface area (Å²) in [5.41, 5.74) is -0.0931. The molecular formula is C13H19NO4. The van der Waals surface area contributed by atoms with Crippen LogP contribution in [0, 0.1) is 6.92 Å². The van der Waals surface area contributed by atoms with Crippen molar-refractivity contribution < 1.29 is 20.1 Å². The van der Waals surface area contributed by atoms with Crippen molar-refractivity contribution in [1.29, 1.82) is 0 Å². The Kier molecular flexibility index (Phi) is 4.69. The van der Waals surface area contributed by atoms with E-state index < -0.39 is 11.4 Å². The van der Waals surface area contributed by atoms with Gasteiger partial charge in [-0.15, -0.1) is 0 Å². The van der Waals surface area contributed by atoms with Crippen LogP contribution in [-0.2, 0) is 0 Å². The van der Waals surface area contributed by atoms with Gasteiger partial charge < -0.3 is 20.6 Å². The second kappa shape index (κ2) is 5.84. The Balaban J connectivity index is 2.94. The number of aliphatic hydroxyl groups is 2. The minimum absolute atomic E-state index is 0.117. The van der Waals surface area contributed by atoms with Crippen LogP contribution in [0.25, 0.3) is 0 Å². The van der Waals surface area contributed by atoms with Crippen molar-refractivity contribution in [3.63, 3.8) is 0 Å². The van der Waals surface area contributed by atoms with Gasteiger partial charge in [0.25, 0.3) is 5.91 Å². The summed E-state index contributed by atoms with van der Waals surface area (Å²) in [7, 11) is 0. The van der Waals surface area contributed by atoms with Crippen molar-refractivity contribution in [2.45, 2.75) is 25.8 Å². The van der Waals surface area contributed by atoms with Crippen molar-refractivity contribution in [3.05, 3.63) is 29.3 Å². The summed E-state index contributed by atoms with van der Waals surface area (Å²) >= 11 is 0. The van der Waals surface area contributed by atoms with Gasteiger partial charge in [0.15, 0.2) is 0 Å². The Morgan fingerprint density at radius 2 is 1.94 bits per heavy atom. The average Bonchev–Trinajstić information content (AvgIpc) is 2.36. The van der Waals surface area contributed by atoms with E-state index in [1.54, 1.807) is 19.9 Å². The third-order valence-corrected chi connectivity index (χ3v) is 3.06. The van der Waals surface area contributed by atoms with E-state index in [-0.39, 0.29) is 24.5 Å². The predicted octanol–water partition coefficient (Wildman–Crippen LogP) is 0.564. The number of carbonyl (C=O) groups excluding carboxylic acids is 1. The minimum atomic E-state index is -1.06. The van der Waals surface area contributed by atoms with Crippen LogP contribution in [0.2, 0.25) is 0 Å². The van der Waals surface area contributed by atoms with Gasteiger partial charge in [0.05, 0.1) is 24.3 Å². The van der Waals surface area contributed by atoms with Crippen molar-refractivity contribution in [2.24, 2.45) is 0 Å².